The van der Waals surface area contributed by atoms with E-state index in [2.05, 4.69) is 136 Å². The molecule has 0 amide bonds. The Morgan fingerprint density at radius 1 is 0.211 bits per heavy atom. The van der Waals surface area contributed by atoms with Gasteiger partial charge in [-0.05, 0) is 101 Å². The molecular weight excluding hydrogens is 1630 g/mol. The predicted octanol–water partition coefficient (Wildman–Crippen LogP) is 36.5. The first-order valence-corrected chi connectivity index (χ1v) is 56.4. The van der Waals surface area contributed by atoms with Crippen LogP contribution in [0.1, 0.15) is 541 Å². The summed E-state index contributed by atoms with van der Waals surface area (Å²) in [4.78, 5) is 25.6. The Balaban J connectivity index is 0.00000466. The van der Waals surface area contributed by atoms with Gasteiger partial charge in [-0.2, -0.15) is 0 Å². The molecule has 3 aliphatic carbocycles. The number of carbonyl (C=O) groups excluding carboxylic acids is 2. The quantitative estimate of drug-likeness (QED) is 0.0281. The number of Topliss-reactive ketones (excluding diaryl/α,β-unsaturated/α-hetero) is 2. The Hall–Kier alpha value is -7.52. The van der Waals surface area contributed by atoms with Gasteiger partial charge in [0.25, 0.3) is 0 Å². The second kappa shape index (κ2) is 78.5. The summed E-state index contributed by atoms with van der Waals surface area (Å²) in [6.45, 7) is 12.5. The number of ether oxygens (including phenoxy) is 6. The van der Waals surface area contributed by atoms with Crippen LogP contribution in [-0.2, 0) is 9.59 Å². The van der Waals surface area contributed by atoms with Crippen molar-refractivity contribution in [2.45, 2.75) is 496 Å². The monoisotopic (exact) mass is 1820 g/mol. The molecule has 0 saturated heterocycles. The van der Waals surface area contributed by atoms with Crippen molar-refractivity contribution in [3.05, 3.63) is 142 Å². The highest BCUT2D eigenvalue weighted by Gasteiger charge is 2.24. The Morgan fingerprint density at radius 2 is 0.376 bits per heavy atom. The molecule has 8 nitrogen and oxygen atoms in total. The summed E-state index contributed by atoms with van der Waals surface area (Å²) in [5.41, 5.74) is 6.43. The molecular formula is C125H188O8. The SMILES string of the molecule is C1CCCC1.CCCCCCCCCCCCOc1cc(C#Cc2cc(OCCCCCCCCCCCC(=O)C3CCCC3)c(C#Cc3cc(OCCCCCCCCCCCC)c(C#Cc4ccccc4)cc3OCCCCCCCCCCCC)cc2OCCCCCCCCCCCC(=O)C2CCCC2)c(OCCCCCCCCCCCC)cc1C#Cc1ccccc1. The van der Waals surface area contributed by atoms with Gasteiger partial charge < -0.3 is 28.4 Å². The second-order valence-corrected chi connectivity index (χ2v) is 39.6. The summed E-state index contributed by atoms with van der Waals surface area (Å²) in [7, 11) is 0. The molecule has 3 fully saturated rings. The Morgan fingerprint density at radius 3 is 0.564 bits per heavy atom. The molecule has 3 saturated carbocycles. The third-order valence-corrected chi connectivity index (χ3v) is 27.7. The molecule has 0 aromatic heterocycles. The van der Waals surface area contributed by atoms with E-state index in [0.717, 1.165) is 210 Å². The van der Waals surface area contributed by atoms with Crippen LogP contribution in [0.2, 0.25) is 0 Å². The minimum absolute atomic E-state index is 0.335. The van der Waals surface area contributed by atoms with E-state index < -0.39 is 0 Å². The molecule has 0 atom stereocenters. The fourth-order valence-corrected chi connectivity index (χ4v) is 19.1. The average Bonchev–Trinajstić information content (AvgIpc) is 1.57. The summed E-state index contributed by atoms with van der Waals surface area (Å²) >= 11 is 0. The van der Waals surface area contributed by atoms with Gasteiger partial charge in [0.15, 0.2) is 0 Å². The van der Waals surface area contributed by atoms with Gasteiger partial charge >= 0.3 is 0 Å². The number of hydrogen-bond acceptors (Lipinski definition) is 8. The van der Waals surface area contributed by atoms with Gasteiger partial charge in [0.1, 0.15) is 46.1 Å². The zero-order chi connectivity index (χ0) is 93.5. The van der Waals surface area contributed by atoms with E-state index in [9.17, 15) is 9.59 Å². The van der Waals surface area contributed by atoms with Crippen molar-refractivity contribution in [2.24, 2.45) is 11.8 Å². The first-order valence-electron chi connectivity index (χ1n) is 56.4. The van der Waals surface area contributed by atoms with E-state index >= 15 is 0 Å². The molecule has 0 spiro atoms. The summed E-state index contributed by atoms with van der Waals surface area (Å²) in [6, 6.07) is 33.1. The predicted molar refractivity (Wildman–Crippen MR) is 566 cm³/mol. The van der Waals surface area contributed by atoms with Gasteiger partial charge in [-0.15, -0.1) is 0 Å². The molecule has 5 aromatic carbocycles. The standard InChI is InChI=1S/C120H178O8.C5H10/c1-5-9-13-17-21-25-33-41-49-67-91-123-115-99-109(117(97-107(115)85-83-103-73-57-55-58-74-103)125-93-69-51-43-35-27-23-19-15-11-7-3)87-89-111-101-120(128-96-72-54-46-38-30-32-40-48-62-82-114(122)106-79-65-66-80-106)112(102-119(111)127-95-71-53-45-37-29-31-39-47-61-81-113(121)105-77-63-64-78-105)90-88-110-100-116(124-92-68-50-42-34-26-22-18-14-10-6-2)108(86-84-104-75-59-56-60-76-104)98-118(110)126-94-70-52-44-36-28-24-20-16-12-8-4;1-2-4-5-3-1/h55-60,73-76,97-102,105-106H,5-54,61-72,77-82,91-96H2,1-4H3;1-5H2. The average molecular weight is 1820 g/mol. The van der Waals surface area contributed by atoms with Crippen LogP contribution in [0.4, 0.5) is 0 Å². The van der Waals surface area contributed by atoms with Gasteiger partial charge in [-0.3, -0.25) is 9.59 Å². The molecule has 8 rings (SSSR count). The van der Waals surface area contributed by atoms with Gasteiger partial charge in [0, 0.05) is 72.2 Å². The van der Waals surface area contributed by atoms with E-state index in [4.69, 9.17) is 28.4 Å². The summed E-state index contributed by atoms with van der Waals surface area (Å²) in [5.74, 6) is 34.8. The van der Waals surface area contributed by atoms with E-state index in [-0.39, 0.29) is 0 Å². The molecule has 736 valence electrons. The fraction of sp³-hybridized carbons (Fsp3) is 0.680. The summed E-state index contributed by atoms with van der Waals surface area (Å²) in [5, 5.41) is 0. The lowest BCUT2D eigenvalue weighted by Gasteiger charge is -2.15. The molecule has 0 heterocycles. The van der Waals surface area contributed by atoms with Crippen molar-refractivity contribution >= 4 is 11.6 Å². The lowest BCUT2D eigenvalue weighted by atomic mass is 9.97. The Kier molecular flexibility index (Phi) is 66.4. The Bertz CT molecular complexity index is 3750. The molecule has 0 aliphatic heterocycles. The molecule has 133 heavy (non-hydrogen) atoms. The Labute approximate surface area is 815 Å². The van der Waals surface area contributed by atoms with E-state index in [1.807, 2.05) is 36.4 Å². The minimum atomic E-state index is 0.335. The maximum absolute atomic E-state index is 12.8. The van der Waals surface area contributed by atoms with Crippen molar-refractivity contribution in [3.63, 3.8) is 0 Å². The van der Waals surface area contributed by atoms with Crippen LogP contribution >= 0.6 is 0 Å². The first kappa shape index (κ1) is 112. The van der Waals surface area contributed by atoms with Crippen molar-refractivity contribution in [1.29, 1.82) is 0 Å². The van der Waals surface area contributed by atoms with E-state index in [0.29, 0.717) is 86.0 Å². The van der Waals surface area contributed by atoms with Crippen molar-refractivity contribution in [1.82, 2.24) is 0 Å². The largest absolute Gasteiger partial charge is 0.492 e. The molecule has 0 N–H and O–H groups in total. The smallest absolute Gasteiger partial charge is 0.136 e. The molecule has 8 heteroatoms. The fourth-order valence-electron chi connectivity index (χ4n) is 19.1. The lowest BCUT2D eigenvalue weighted by Crippen LogP contribution is -2.09. The highest BCUT2D eigenvalue weighted by Crippen LogP contribution is 2.36. The second-order valence-electron chi connectivity index (χ2n) is 39.6. The molecule has 0 radical (unpaired) electrons. The topological polar surface area (TPSA) is 89.5 Å². The highest BCUT2D eigenvalue weighted by molar-refractivity contribution is 5.81. The van der Waals surface area contributed by atoms with Crippen molar-refractivity contribution in [3.8, 4) is 81.9 Å². The van der Waals surface area contributed by atoms with Crippen LogP contribution < -0.4 is 28.4 Å². The normalized spacial score (nSPS) is 13.0. The maximum Gasteiger partial charge on any atom is 0.136 e. The van der Waals surface area contributed by atoms with Crippen LogP contribution in [0.5, 0.6) is 34.5 Å². The third kappa shape index (κ3) is 54.3. The zero-order valence-electron chi connectivity index (χ0n) is 85.5. The molecule has 0 bridgehead atoms. The number of unbranched alkanes of at least 4 members (excludes halogenated alkanes) is 52. The van der Waals surface area contributed by atoms with E-state index in [1.165, 1.54) is 315 Å². The number of hydrogen-bond donors (Lipinski definition) is 0. The molecule has 0 unspecified atom stereocenters. The highest BCUT2D eigenvalue weighted by atomic mass is 16.5. The van der Waals surface area contributed by atoms with Gasteiger partial charge in [0.05, 0.1) is 73.0 Å². The number of carbonyl (C=O) groups is 2. The van der Waals surface area contributed by atoms with Gasteiger partial charge in [-0.25, -0.2) is 0 Å². The van der Waals surface area contributed by atoms with Crippen molar-refractivity contribution in [2.75, 3.05) is 39.6 Å². The summed E-state index contributed by atoms with van der Waals surface area (Å²) < 4.78 is 41.9. The maximum atomic E-state index is 12.8. The summed E-state index contributed by atoms with van der Waals surface area (Å²) in [6.07, 6.45) is 88.5. The number of benzene rings is 5. The first-order chi connectivity index (χ1) is 65.8. The van der Waals surface area contributed by atoms with Crippen LogP contribution in [0, 0.1) is 59.2 Å². The third-order valence-electron chi connectivity index (χ3n) is 27.7. The molecule has 3 aliphatic rings. The van der Waals surface area contributed by atoms with Crippen LogP contribution in [-0.4, -0.2) is 51.2 Å². The number of ketones is 2. The van der Waals surface area contributed by atoms with Gasteiger partial charge in [-0.1, -0.05) is 490 Å². The van der Waals surface area contributed by atoms with Crippen LogP contribution in [0.3, 0.4) is 0 Å². The number of rotatable bonds is 76. The van der Waals surface area contributed by atoms with Gasteiger partial charge in [0.2, 0.25) is 0 Å². The van der Waals surface area contributed by atoms with E-state index in [1.54, 1.807) is 0 Å². The lowest BCUT2D eigenvalue weighted by molar-refractivity contribution is -0.123. The minimum Gasteiger partial charge on any atom is -0.492 e. The molecule has 5 aromatic rings. The van der Waals surface area contributed by atoms with Crippen LogP contribution in [0.15, 0.2) is 97.1 Å². The zero-order valence-corrected chi connectivity index (χ0v) is 85.5. The van der Waals surface area contributed by atoms with Crippen LogP contribution in [0.25, 0.3) is 0 Å². The van der Waals surface area contributed by atoms with Crippen molar-refractivity contribution < 1.29 is 38.0 Å².